The van der Waals surface area contributed by atoms with Crippen LogP contribution in [-0.4, -0.2) is 44.7 Å². The number of aromatic nitrogens is 1. The van der Waals surface area contributed by atoms with E-state index in [9.17, 15) is 13.2 Å². The Kier molecular flexibility index (Phi) is 5.01. The molecule has 0 aliphatic heterocycles. The van der Waals surface area contributed by atoms with Crippen LogP contribution in [0.2, 0.25) is 0 Å². The van der Waals surface area contributed by atoms with Crippen molar-refractivity contribution < 1.29 is 23.1 Å². The number of nitrogens with one attached hydrogen (secondary N) is 2. The van der Waals surface area contributed by atoms with Crippen LogP contribution in [0.5, 0.6) is 0 Å². The van der Waals surface area contributed by atoms with Gasteiger partial charge in [0.1, 0.15) is 5.56 Å². The molecule has 0 saturated heterocycles. The van der Waals surface area contributed by atoms with Crippen LogP contribution in [0.3, 0.4) is 0 Å². The van der Waals surface area contributed by atoms with Crippen LogP contribution in [-0.2, 0) is 14.9 Å². The number of ether oxygens (including phenoxy) is 1. The summed E-state index contributed by atoms with van der Waals surface area (Å²) in [5, 5.41) is 8.86. The molecule has 0 aromatic carbocycles. The summed E-state index contributed by atoms with van der Waals surface area (Å²) in [7, 11) is -2.44. The van der Waals surface area contributed by atoms with E-state index < -0.39 is 16.2 Å². The van der Waals surface area contributed by atoms with E-state index in [1.807, 2.05) is 4.72 Å². The van der Waals surface area contributed by atoms with Crippen LogP contribution in [0.25, 0.3) is 0 Å². The van der Waals surface area contributed by atoms with E-state index in [0.29, 0.717) is 0 Å². The highest BCUT2D eigenvalue weighted by Crippen LogP contribution is 2.12. The first kappa shape index (κ1) is 14.4. The maximum atomic E-state index is 11.5. The zero-order valence-electron chi connectivity index (χ0n) is 9.58. The Morgan fingerprint density at radius 3 is 2.89 bits per heavy atom. The third-order valence-electron chi connectivity index (χ3n) is 1.87. The van der Waals surface area contributed by atoms with E-state index in [2.05, 4.69) is 14.4 Å². The summed E-state index contributed by atoms with van der Waals surface area (Å²) in [6, 6.07) is 2.65. The van der Waals surface area contributed by atoms with Crippen molar-refractivity contribution >= 4 is 22.0 Å². The second-order valence-corrected chi connectivity index (χ2v) is 4.70. The van der Waals surface area contributed by atoms with E-state index in [-0.39, 0.29) is 24.5 Å². The molecule has 0 saturated carbocycles. The van der Waals surface area contributed by atoms with Gasteiger partial charge in [0.15, 0.2) is 5.82 Å². The van der Waals surface area contributed by atoms with Gasteiger partial charge in [0.2, 0.25) is 0 Å². The first-order chi connectivity index (χ1) is 8.46. The van der Waals surface area contributed by atoms with E-state index in [0.717, 1.165) is 0 Å². The third-order valence-corrected chi connectivity index (χ3v) is 2.91. The maximum Gasteiger partial charge on any atom is 0.339 e. The Hall–Kier alpha value is -1.71. The van der Waals surface area contributed by atoms with Crippen LogP contribution in [0.1, 0.15) is 10.4 Å². The topological polar surface area (TPSA) is 118 Å². The minimum absolute atomic E-state index is 0.0705. The van der Waals surface area contributed by atoms with Crippen LogP contribution >= 0.6 is 0 Å². The van der Waals surface area contributed by atoms with Crippen molar-refractivity contribution in [2.24, 2.45) is 0 Å². The van der Waals surface area contributed by atoms with Crippen LogP contribution in [0.15, 0.2) is 18.3 Å². The summed E-state index contributed by atoms with van der Waals surface area (Å²) in [4.78, 5) is 14.5. The standard InChI is InChI=1S/C9H13N3O5S/c1-17-6-5-11-18(15,16)12-8-7(9(13)14)3-2-4-10-8/h2-4,11H,5-6H2,1H3,(H,10,12)(H,13,14). The number of nitrogens with zero attached hydrogens (tertiary/aromatic N) is 1. The van der Waals surface area contributed by atoms with Crippen molar-refractivity contribution in [3.8, 4) is 0 Å². The molecule has 0 atom stereocenters. The van der Waals surface area contributed by atoms with Crippen molar-refractivity contribution in [1.82, 2.24) is 9.71 Å². The van der Waals surface area contributed by atoms with Crippen LogP contribution in [0.4, 0.5) is 5.82 Å². The van der Waals surface area contributed by atoms with Gasteiger partial charge < -0.3 is 9.84 Å². The van der Waals surface area contributed by atoms with Gasteiger partial charge in [-0.05, 0) is 12.1 Å². The van der Waals surface area contributed by atoms with Gasteiger partial charge in [0.25, 0.3) is 10.2 Å². The zero-order chi connectivity index (χ0) is 13.6. The number of pyridine rings is 1. The molecule has 0 amide bonds. The molecule has 0 unspecified atom stereocenters. The molecule has 8 nitrogen and oxygen atoms in total. The fourth-order valence-corrected chi connectivity index (χ4v) is 1.94. The number of anilines is 1. The van der Waals surface area contributed by atoms with Crippen molar-refractivity contribution in [1.29, 1.82) is 0 Å². The molecule has 0 spiro atoms. The average molecular weight is 275 g/mol. The number of rotatable bonds is 7. The largest absolute Gasteiger partial charge is 0.478 e. The average Bonchev–Trinajstić information content (AvgIpc) is 2.29. The van der Waals surface area contributed by atoms with Crippen molar-refractivity contribution in [3.63, 3.8) is 0 Å². The Balaban J connectivity index is 2.81. The lowest BCUT2D eigenvalue weighted by Crippen LogP contribution is -2.33. The minimum Gasteiger partial charge on any atom is -0.478 e. The maximum absolute atomic E-state index is 11.5. The highest BCUT2D eigenvalue weighted by atomic mass is 32.2. The predicted octanol–water partition coefficient (Wildman–Crippen LogP) is -0.327. The molecular formula is C9H13N3O5S. The summed E-state index contributed by atoms with van der Waals surface area (Å²) in [5.41, 5.74) is -0.227. The number of hydrogen-bond acceptors (Lipinski definition) is 5. The van der Waals surface area contributed by atoms with Gasteiger partial charge in [-0.25, -0.2) is 9.78 Å². The summed E-state index contributed by atoms with van der Waals surface area (Å²) in [6.45, 7) is 0.274. The fraction of sp³-hybridized carbons (Fsp3) is 0.333. The fourth-order valence-electron chi connectivity index (χ4n) is 1.10. The summed E-state index contributed by atoms with van der Waals surface area (Å²) in [5.74, 6) is -1.51. The van der Waals surface area contributed by atoms with E-state index in [1.165, 1.54) is 25.4 Å². The van der Waals surface area contributed by atoms with E-state index in [1.54, 1.807) is 0 Å². The van der Waals surface area contributed by atoms with Gasteiger partial charge in [-0.1, -0.05) is 0 Å². The van der Waals surface area contributed by atoms with Gasteiger partial charge >= 0.3 is 5.97 Å². The number of aromatic carboxylic acids is 1. The molecule has 9 heteroatoms. The molecule has 100 valence electrons. The molecule has 18 heavy (non-hydrogen) atoms. The Morgan fingerprint density at radius 1 is 1.56 bits per heavy atom. The molecule has 3 N–H and O–H groups in total. The first-order valence-electron chi connectivity index (χ1n) is 4.91. The molecule has 1 heterocycles. The molecule has 1 rings (SSSR count). The summed E-state index contributed by atoms with van der Waals surface area (Å²) in [6.07, 6.45) is 1.29. The molecular weight excluding hydrogens is 262 g/mol. The summed E-state index contributed by atoms with van der Waals surface area (Å²) < 4.78 is 32.0. The van der Waals surface area contributed by atoms with Gasteiger partial charge in [-0.15, -0.1) is 0 Å². The molecule has 1 aromatic heterocycles. The molecule has 0 fully saturated rings. The zero-order valence-corrected chi connectivity index (χ0v) is 10.4. The highest BCUT2D eigenvalue weighted by Gasteiger charge is 2.16. The van der Waals surface area contributed by atoms with E-state index >= 15 is 0 Å². The minimum atomic E-state index is -3.87. The second-order valence-electron chi connectivity index (χ2n) is 3.20. The lowest BCUT2D eigenvalue weighted by Gasteiger charge is -2.09. The smallest absolute Gasteiger partial charge is 0.339 e. The molecule has 0 radical (unpaired) electrons. The van der Waals surface area contributed by atoms with Gasteiger partial charge in [-0.2, -0.15) is 13.1 Å². The van der Waals surface area contributed by atoms with Gasteiger partial charge in [0.05, 0.1) is 6.61 Å². The monoisotopic (exact) mass is 275 g/mol. The van der Waals surface area contributed by atoms with Crippen molar-refractivity contribution in [2.75, 3.05) is 25.0 Å². The number of hydrogen-bond donors (Lipinski definition) is 3. The lowest BCUT2D eigenvalue weighted by atomic mass is 10.3. The Labute approximate surface area is 104 Å². The Bertz CT molecular complexity index is 517. The molecule has 0 aliphatic rings. The number of methoxy groups -OCH3 is 1. The normalized spacial score (nSPS) is 11.2. The SMILES string of the molecule is COCCNS(=O)(=O)Nc1ncccc1C(=O)O. The Morgan fingerprint density at radius 2 is 2.28 bits per heavy atom. The van der Waals surface area contributed by atoms with Crippen LogP contribution < -0.4 is 9.44 Å². The van der Waals surface area contributed by atoms with E-state index in [4.69, 9.17) is 5.11 Å². The second kappa shape index (κ2) is 6.28. The number of carbonyl (C=O) groups is 1. The van der Waals surface area contributed by atoms with Crippen molar-refractivity contribution in [3.05, 3.63) is 23.9 Å². The van der Waals surface area contributed by atoms with Gasteiger partial charge in [-0.3, -0.25) is 4.72 Å². The molecule has 0 aliphatic carbocycles. The molecule has 1 aromatic rings. The van der Waals surface area contributed by atoms with Gasteiger partial charge in [0, 0.05) is 19.9 Å². The quantitative estimate of drug-likeness (QED) is 0.587. The third kappa shape index (κ3) is 4.28. The number of carboxylic acids is 1. The van der Waals surface area contributed by atoms with Crippen LogP contribution in [0, 0.1) is 0 Å². The molecule has 0 bridgehead atoms. The number of carboxylic acid groups (broad SMARTS) is 1. The first-order valence-corrected chi connectivity index (χ1v) is 6.39. The predicted molar refractivity (Wildman–Crippen MR) is 63.6 cm³/mol. The summed E-state index contributed by atoms with van der Waals surface area (Å²) >= 11 is 0. The van der Waals surface area contributed by atoms with Crippen molar-refractivity contribution in [2.45, 2.75) is 0 Å². The highest BCUT2D eigenvalue weighted by molar-refractivity contribution is 7.90. The lowest BCUT2D eigenvalue weighted by molar-refractivity contribution is 0.0697.